The minimum absolute atomic E-state index is 0.100. The van der Waals surface area contributed by atoms with Crippen LogP contribution in [0.15, 0.2) is 42.5 Å². The van der Waals surface area contributed by atoms with Crippen LogP contribution in [0.25, 0.3) is 0 Å². The van der Waals surface area contributed by atoms with Gasteiger partial charge in [0.1, 0.15) is 11.3 Å². The van der Waals surface area contributed by atoms with Crippen molar-refractivity contribution in [3.63, 3.8) is 0 Å². The van der Waals surface area contributed by atoms with Crippen LogP contribution in [0.3, 0.4) is 0 Å². The molecule has 1 amide bonds. The molecule has 2 rings (SSSR count). The zero-order valence-electron chi connectivity index (χ0n) is 13.9. The lowest BCUT2D eigenvalue weighted by Crippen LogP contribution is -2.30. The predicted octanol–water partition coefficient (Wildman–Crippen LogP) is 3.44. The van der Waals surface area contributed by atoms with Gasteiger partial charge in [0.15, 0.2) is 6.10 Å². The third kappa shape index (κ3) is 4.70. The number of nitro benzene ring substituents is 1. The zero-order chi connectivity index (χ0) is 19.3. The first-order chi connectivity index (χ1) is 12.3. The maximum Gasteiger partial charge on any atom is 0.342 e. The Morgan fingerprint density at radius 3 is 2.58 bits per heavy atom. The first kappa shape index (κ1) is 19.2. The van der Waals surface area contributed by atoms with Crippen LogP contribution in [0.5, 0.6) is 5.75 Å². The molecule has 136 valence electrons. The smallest absolute Gasteiger partial charge is 0.342 e. The molecule has 0 fully saturated rings. The maximum atomic E-state index is 12.3. The van der Waals surface area contributed by atoms with E-state index >= 15 is 0 Å². The van der Waals surface area contributed by atoms with E-state index in [0.717, 1.165) is 6.07 Å². The number of carbonyl (C=O) groups excluding carboxylic acids is 2. The normalized spacial score (nSPS) is 11.3. The van der Waals surface area contributed by atoms with Gasteiger partial charge in [-0.2, -0.15) is 0 Å². The second kappa shape index (κ2) is 8.30. The molecule has 0 heterocycles. The standard InChI is InChI=1S/C17H15ClN2O6/c1-10(16(21)19-12-5-3-4-11(18)8-12)26-17(22)14-9-13(20(23)24)6-7-15(14)25-2/h3-10H,1-2H3,(H,19,21)/t10-/m1/s1. The van der Waals surface area contributed by atoms with Crippen molar-refractivity contribution in [1.82, 2.24) is 0 Å². The Morgan fingerprint density at radius 2 is 1.96 bits per heavy atom. The van der Waals surface area contributed by atoms with Crippen LogP contribution >= 0.6 is 11.6 Å². The molecular formula is C17H15ClN2O6. The number of halogens is 1. The average molecular weight is 379 g/mol. The number of hydrogen-bond acceptors (Lipinski definition) is 6. The van der Waals surface area contributed by atoms with E-state index in [1.807, 2.05) is 0 Å². The molecule has 26 heavy (non-hydrogen) atoms. The lowest BCUT2D eigenvalue weighted by Gasteiger charge is -2.15. The Morgan fingerprint density at radius 1 is 1.23 bits per heavy atom. The van der Waals surface area contributed by atoms with Gasteiger partial charge in [0.25, 0.3) is 11.6 Å². The number of nitrogens with zero attached hydrogens (tertiary/aromatic N) is 1. The first-order valence-corrected chi connectivity index (χ1v) is 7.79. The number of anilines is 1. The van der Waals surface area contributed by atoms with E-state index in [2.05, 4.69) is 5.32 Å². The molecular weight excluding hydrogens is 364 g/mol. The number of ether oxygens (including phenoxy) is 2. The van der Waals surface area contributed by atoms with Gasteiger partial charge in [0.2, 0.25) is 0 Å². The fraction of sp³-hybridized carbons (Fsp3) is 0.176. The Hall–Kier alpha value is -3.13. The van der Waals surface area contributed by atoms with E-state index in [9.17, 15) is 19.7 Å². The molecule has 1 N–H and O–H groups in total. The molecule has 0 unspecified atom stereocenters. The number of non-ortho nitro benzene ring substituents is 1. The topological polar surface area (TPSA) is 108 Å². The fourth-order valence-electron chi connectivity index (χ4n) is 2.06. The van der Waals surface area contributed by atoms with E-state index in [-0.39, 0.29) is 17.0 Å². The third-order valence-corrected chi connectivity index (χ3v) is 3.59. The number of nitrogens with one attached hydrogen (secondary N) is 1. The quantitative estimate of drug-likeness (QED) is 0.468. The van der Waals surface area contributed by atoms with Crippen molar-refractivity contribution in [2.75, 3.05) is 12.4 Å². The number of methoxy groups -OCH3 is 1. The highest BCUT2D eigenvalue weighted by Gasteiger charge is 2.23. The molecule has 2 aromatic rings. The Kier molecular flexibility index (Phi) is 6.13. The molecule has 0 saturated heterocycles. The van der Waals surface area contributed by atoms with E-state index < -0.39 is 22.9 Å². The van der Waals surface area contributed by atoms with Crippen LogP contribution in [0.1, 0.15) is 17.3 Å². The summed E-state index contributed by atoms with van der Waals surface area (Å²) in [5.41, 5.74) is -0.00350. The lowest BCUT2D eigenvalue weighted by atomic mass is 10.1. The highest BCUT2D eigenvalue weighted by molar-refractivity contribution is 6.30. The molecule has 1 atom stereocenters. The van der Waals surface area contributed by atoms with Crippen molar-refractivity contribution < 1.29 is 24.0 Å². The van der Waals surface area contributed by atoms with E-state index in [0.29, 0.717) is 10.7 Å². The van der Waals surface area contributed by atoms with Crippen LogP contribution in [0.4, 0.5) is 11.4 Å². The summed E-state index contributed by atoms with van der Waals surface area (Å²) in [5, 5.41) is 13.9. The minimum atomic E-state index is -1.15. The molecule has 0 radical (unpaired) electrons. The van der Waals surface area contributed by atoms with Crippen molar-refractivity contribution in [2.45, 2.75) is 13.0 Å². The summed E-state index contributed by atoms with van der Waals surface area (Å²) in [6, 6.07) is 9.98. The van der Waals surface area contributed by atoms with Gasteiger partial charge in [-0.3, -0.25) is 14.9 Å². The average Bonchev–Trinajstić information content (AvgIpc) is 2.60. The highest BCUT2D eigenvalue weighted by atomic mass is 35.5. The molecule has 8 nitrogen and oxygen atoms in total. The molecule has 0 aliphatic rings. The van der Waals surface area contributed by atoms with Crippen molar-refractivity contribution in [3.05, 3.63) is 63.2 Å². The van der Waals surface area contributed by atoms with Gasteiger partial charge in [-0.15, -0.1) is 0 Å². The van der Waals surface area contributed by atoms with Crippen LogP contribution in [-0.4, -0.2) is 30.0 Å². The monoisotopic (exact) mass is 378 g/mol. The van der Waals surface area contributed by atoms with Gasteiger partial charge in [0, 0.05) is 22.8 Å². The van der Waals surface area contributed by atoms with Crippen molar-refractivity contribution in [3.8, 4) is 5.75 Å². The van der Waals surface area contributed by atoms with Crippen LogP contribution in [-0.2, 0) is 9.53 Å². The minimum Gasteiger partial charge on any atom is -0.496 e. The van der Waals surface area contributed by atoms with Crippen LogP contribution in [0.2, 0.25) is 5.02 Å². The van der Waals surface area contributed by atoms with Crippen molar-refractivity contribution in [2.24, 2.45) is 0 Å². The number of amides is 1. The van der Waals surface area contributed by atoms with E-state index in [4.69, 9.17) is 21.1 Å². The Bertz CT molecular complexity index is 855. The fourth-order valence-corrected chi connectivity index (χ4v) is 2.25. The van der Waals surface area contributed by atoms with Gasteiger partial charge in [-0.1, -0.05) is 17.7 Å². The first-order valence-electron chi connectivity index (χ1n) is 7.41. The number of esters is 1. The zero-order valence-corrected chi connectivity index (χ0v) is 14.6. The number of hydrogen-bond donors (Lipinski definition) is 1. The molecule has 0 saturated carbocycles. The molecule has 9 heteroatoms. The Balaban J connectivity index is 2.12. The van der Waals surface area contributed by atoms with Gasteiger partial charge < -0.3 is 14.8 Å². The third-order valence-electron chi connectivity index (χ3n) is 3.36. The van der Waals surface area contributed by atoms with Crippen molar-refractivity contribution >= 4 is 34.9 Å². The number of carbonyl (C=O) groups is 2. The van der Waals surface area contributed by atoms with Crippen LogP contribution < -0.4 is 10.1 Å². The van der Waals surface area contributed by atoms with Crippen LogP contribution in [0, 0.1) is 10.1 Å². The second-order valence-corrected chi connectivity index (χ2v) is 5.63. The molecule has 2 aromatic carbocycles. The summed E-state index contributed by atoms with van der Waals surface area (Å²) < 4.78 is 10.1. The summed E-state index contributed by atoms with van der Waals surface area (Å²) in [6.45, 7) is 1.38. The SMILES string of the molecule is COc1ccc([N+](=O)[O-])cc1C(=O)O[C@H](C)C(=O)Nc1cccc(Cl)c1. The summed E-state index contributed by atoms with van der Waals surface area (Å²) in [7, 11) is 1.31. The Labute approximate surface area is 153 Å². The second-order valence-electron chi connectivity index (χ2n) is 5.19. The molecule has 0 aliphatic carbocycles. The summed E-state index contributed by atoms with van der Waals surface area (Å²) in [6.07, 6.45) is -1.15. The van der Waals surface area contributed by atoms with Gasteiger partial charge >= 0.3 is 5.97 Å². The number of rotatable bonds is 6. The molecule has 0 aromatic heterocycles. The predicted molar refractivity (Wildman–Crippen MR) is 94.6 cm³/mol. The van der Waals surface area contributed by atoms with E-state index in [1.54, 1.807) is 18.2 Å². The molecule has 0 spiro atoms. The molecule has 0 bridgehead atoms. The number of benzene rings is 2. The maximum absolute atomic E-state index is 12.3. The van der Waals surface area contributed by atoms with Gasteiger partial charge in [0.05, 0.1) is 12.0 Å². The van der Waals surface area contributed by atoms with Gasteiger partial charge in [-0.25, -0.2) is 4.79 Å². The highest BCUT2D eigenvalue weighted by Crippen LogP contribution is 2.25. The summed E-state index contributed by atoms with van der Waals surface area (Å²) >= 11 is 5.84. The van der Waals surface area contributed by atoms with E-state index in [1.165, 1.54) is 32.2 Å². The largest absolute Gasteiger partial charge is 0.496 e. The van der Waals surface area contributed by atoms with Crippen molar-refractivity contribution in [1.29, 1.82) is 0 Å². The summed E-state index contributed by atoms with van der Waals surface area (Å²) in [5.74, 6) is -1.40. The lowest BCUT2D eigenvalue weighted by molar-refractivity contribution is -0.384. The van der Waals surface area contributed by atoms with Gasteiger partial charge in [-0.05, 0) is 31.2 Å². The number of nitro groups is 1. The summed E-state index contributed by atoms with van der Waals surface area (Å²) in [4.78, 5) is 34.7. The molecule has 0 aliphatic heterocycles.